The Morgan fingerprint density at radius 3 is 2.73 bits per heavy atom. The number of guanidine groups is 1. The van der Waals surface area contributed by atoms with Crippen molar-refractivity contribution >= 4 is 29.2 Å². The highest BCUT2D eigenvalue weighted by atomic mass is 35.5. The van der Waals surface area contributed by atoms with Crippen molar-refractivity contribution in [3.05, 3.63) is 57.4 Å². The van der Waals surface area contributed by atoms with Gasteiger partial charge in [-0.25, -0.2) is 0 Å². The molecule has 1 aliphatic heterocycles. The van der Waals surface area contributed by atoms with Gasteiger partial charge in [0.1, 0.15) is 12.4 Å². The van der Waals surface area contributed by atoms with Crippen molar-refractivity contribution in [3.63, 3.8) is 0 Å². The number of hydrogen-bond donors (Lipinski definition) is 1. The molecular formula is C19H24ClN7O3. The molecule has 2 heterocycles. The van der Waals surface area contributed by atoms with E-state index in [-0.39, 0.29) is 18.1 Å². The average Bonchev–Trinajstić information content (AvgIpc) is 3.20. The van der Waals surface area contributed by atoms with Gasteiger partial charge in [0.2, 0.25) is 5.91 Å². The van der Waals surface area contributed by atoms with Crippen molar-refractivity contribution in [1.29, 1.82) is 0 Å². The maximum absolute atomic E-state index is 12.6. The lowest BCUT2D eigenvalue weighted by Gasteiger charge is -2.36. The first-order valence-corrected chi connectivity index (χ1v) is 10.1. The molecule has 1 aliphatic rings. The first-order valence-electron chi connectivity index (χ1n) is 9.68. The van der Waals surface area contributed by atoms with Gasteiger partial charge in [0, 0.05) is 31.2 Å². The summed E-state index contributed by atoms with van der Waals surface area (Å²) in [6, 6.07) is 7.49. The molecule has 0 saturated carbocycles. The normalized spacial score (nSPS) is 14.9. The van der Waals surface area contributed by atoms with Crippen LogP contribution in [0, 0.1) is 10.1 Å². The van der Waals surface area contributed by atoms with Crippen molar-refractivity contribution in [3.8, 4) is 0 Å². The monoisotopic (exact) mass is 433 g/mol. The van der Waals surface area contributed by atoms with Crippen LogP contribution in [0.15, 0.2) is 41.7 Å². The number of piperazine rings is 1. The molecule has 0 radical (unpaired) electrons. The molecule has 2 aromatic rings. The van der Waals surface area contributed by atoms with Crippen molar-refractivity contribution in [1.82, 2.24) is 24.9 Å². The number of nitrogens with zero attached hydrogens (tertiary/aromatic N) is 6. The number of amides is 1. The fourth-order valence-corrected chi connectivity index (χ4v) is 3.25. The van der Waals surface area contributed by atoms with Gasteiger partial charge in [-0.2, -0.15) is 5.10 Å². The number of carbonyl (C=O) groups excluding carboxylic acids is 1. The van der Waals surface area contributed by atoms with E-state index in [4.69, 9.17) is 11.6 Å². The minimum atomic E-state index is -0.480. The van der Waals surface area contributed by atoms with Crippen LogP contribution in [-0.2, 0) is 17.9 Å². The minimum absolute atomic E-state index is 0.0319. The van der Waals surface area contributed by atoms with Gasteiger partial charge >= 0.3 is 5.69 Å². The Kier molecular flexibility index (Phi) is 7.23. The van der Waals surface area contributed by atoms with E-state index >= 15 is 0 Å². The highest BCUT2D eigenvalue weighted by Crippen LogP contribution is 2.14. The Labute approximate surface area is 179 Å². The number of benzene rings is 1. The van der Waals surface area contributed by atoms with E-state index in [9.17, 15) is 14.9 Å². The highest BCUT2D eigenvalue weighted by Gasteiger charge is 2.26. The van der Waals surface area contributed by atoms with Crippen LogP contribution in [0.25, 0.3) is 0 Å². The predicted octanol–water partition coefficient (Wildman–Crippen LogP) is 1.75. The van der Waals surface area contributed by atoms with E-state index in [1.54, 1.807) is 0 Å². The Morgan fingerprint density at radius 1 is 1.33 bits per heavy atom. The molecule has 1 saturated heterocycles. The molecule has 10 nitrogen and oxygen atoms in total. The van der Waals surface area contributed by atoms with E-state index in [2.05, 4.69) is 15.4 Å². The van der Waals surface area contributed by atoms with Crippen LogP contribution in [0.4, 0.5) is 5.69 Å². The lowest BCUT2D eigenvalue weighted by Crippen LogP contribution is -2.55. The maximum Gasteiger partial charge on any atom is 0.306 e. The molecule has 0 atom stereocenters. The predicted molar refractivity (Wildman–Crippen MR) is 113 cm³/mol. The largest absolute Gasteiger partial charge is 0.357 e. The Bertz CT molecular complexity index is 913. The molecule has 11 heteroatoms. The van der Waals surface area contributed by atoms with Crippen LogP contribution < -0.4 is 5.32 Å². The third kappa shape index (κ3) is 5.69. The molecule has 0 unspecified atom stereocenters. The molecule has 0 spiro atoms. The topological polar surface area (TPSA) is 109 Å². The summed E-state index contributed by atoms with van der Waals surface area (Å²) in [6.45, 7) is 5.49. The summed E-state index contributed by atoms with van der Waals surface area (Å²) >= 11 is 5.92. The van der Waals surface area contributed by atoms with E-state index < -0.39 is 4.92 Å². The maximum atomic E-state index is 12.6. The zero-order valence-corrected chi connectivity index (χ0v) is 17.5. The number of nitro groups is 1. The van der Waals surface area contributed by atoms with E-state index in [1.165, 1.54) is 17.1 Å². The third-order valence-corrected chi connectivity index (χ3v) is 4.91. The first-order chi connectivity index (χ1) is 14.5. The summed E-state index contributed by atoms with van der Waals surface area (Å²) in [5, 5.41) is 18.6. The zero-order chi connectivity index (χ0) is 21.5. The number of aliphatic imine (C=N–C) groups is 1. The summed E-state index contributed by atoms with van der Waals surface area (Å²) in [5.41, 5.74) is 0.989. The van der Waals surface area contributed by atoms with Gasteiger partial charge in [-0.15, -0.1) is 0 Å². The van der Waals surface area contributed by atoms with Gasteiger partial charge in [-0.3, -0.25) is 24.6 Å². The summed E-state index contributed by atoms with van der Waals surface area (Å²) in [6.07, 6.45) is 2.59. The molecule has 30 heavy (non-hydrogen) atoms. The van der Waals surface area contributed by atoms with Crippen LogP contribution >= 0.6 is 11.6 Å². The lowest BCUT2D eigenvalue weighted by molar-refractivity contribution is -0.385. The zero-order valence-electron chi connectivity index (χ0n) is 16.7. The molecule has 1 fully saturated rings. The Morgan fingerprint density at radius 2 is 2.10 bits per heavy atom. The van der Waals surface area contributed by atoms with Crippen LogP contribution in [0.1, 0.15) is 12.5 Å². The third-order valence-electron chi connectivity index (χ3n) is 4.66. The van der Waals surface area contributed by atoms with E-state index in [0.29, 0.717) is 50.3 Å². The molecule has 1 aromatic heterocycles. The lowest BCUT2D eigenvalue weighted by atomic mass is 10.2. The first kappa shape index (κ1) is 21.6. The minimum Gasteiger partial charge on any atom is -0.357 e. The average molecular weight is 434 g/mol. The molecule has 0 bridgehead atoms. The van der Waals surface area contributed by atoms with Crippen LogP contribution in [0.2, 0.25) is 5.02 Å². The fourth-order valence-electron chi connectivity index (χ4n) is 3.12. The van der Waals surface area contributed by atoms with Gasteiger partial charge in [0.05, 0.1) is 24.6 Å². The second kappa shape index (κ2) is 10.1. The number of hydrogen-bond acceptors (Lipinski definition) is 5. The van der Waals surface area contributed by atoms with Crippen LogP contribution in [0.5, 0.6) is 0 Å². The Hall–Kier alpha value is -3.14. The number of nitrogens with one attached hydrogen (secondary N) is 1. The Balaban J connectivity index is 1.56. The smallest absolute Gasteiger partial charge is 0.306 e. The summed E-state index contributed by atoms with van der Waals surface area (Å²) in [4.78, 5) is 31.2. The van der Waals surface area contributed by atoms with E-state index in [0.717, 1.165) is 5.56 Å². The second-order valence-corrected chi connectivity index (χ2v) is 7.25. The van der Waals surface area contributed by atoms with Crippen molar-refractivity contribution in [2.45, 2.75) is 20.0 Å². The van der Waals surface area contributed by atoms with Gasteiger partial charge < -0.3 is 15.1 Å². The highest BCUT2D eigenvalue weighted by molar-refractivity contribution is 6.30. The van der Waals surface area contributed by atoms with Crippen LogP contribution in [-0.4, -0.2) is 69.1 Å². The van der Waals surface area contributed by atoms with Crippen molar-refractivity contribution in [2.24, 2.45) is 4.99 Å². The number of carbonyl (C=O) groups is 1. The molecule has 1 amide bonds. The van der Waals surface area contributed by atoms with E-state index in [1.807, 2.05) is 41.0 Å². The second-order valence-electron chi connectivity index (χ2n) is 6.82. The summed E-state index contributed by atoms with van der Waals surface area (Å²) in [7, 11) is 0. The van der Waals surface area contributed by atoms with Gasteiger partial charge in [0.25, 0.3) is 0 Å². The van der Waals surface area contributed by atoms with Gasteiger partial charge in [0.15, 0.2) is 5.96 Å². The number of aromatic nitrogens is 2. The molecule has 1 aromatic carbocycles. The van der Waals surface area contributed by atoms with Crippen molar-refractivity contribution in [2.75, 3.05) is 32.7 Å². The van der Waals surface area contributed by atoms with Crippen molar-refractivity contribution < 1.29 is 9.72 Å². The number of rotatable bonds is 7. The summed E-state index contributed by atoms with van der Waals surface area (Å²) in [5.74, 6) is 0.683. The van der Waals surface area contributed by atoms with Gasteiger partial charge in [-0.1, -0.05) is 23.7 Å². The molecule has 160 valence electrons. The molecule has 3 rings (SSSR count). The molecule has 0 aliphatic carbocycles. The quantitative estimate of drug-likeness (QED) is 0.308. The SMILES string of the molecule is CCNC(=NCCn1cc([N+](=O)[O-])cn1)N1CCN(Cc2ccc(Cl)cc2)C(=O)C1. The van der Waals surface area contributed by atoms with Crippen LogP contribution in [0.3, 0.4) is 0 Å². The molecular weight excluding hydrogens is 410 g/mol. The number of halogens is 1. The standard InChI is InChI=1S/C19H24ClN7O3/c1-2-21-19(22-7-8-26-13-17(11-23-26)27(29)30)25-10-9-24(18(28)14-25)12-15-3-5-16(20)6-4-15/h3-6,11,13H,2,7-10,12,14H2,1H3,(H,21,22). The fraction of sp³-hybridized carbons (Fsp3) is 0.421. The van der Waals surface area contributed by atoms with Gasteiger partial charge in [-0.05, 0) is 24.6 Å². The summed E-state index contributed by atoms with van der Waals surface area (Å²) < 4.78 is 1.49. The molecule has 1 N–H and O–H groups in total.